The summed E-state index contributed by atoms with van der Waals surface area (Å²) in [7, 11) is 1.24. The number of pyridine rings is 1. The second-order valence-electron chi connectivity index (χ2n) is 6.83. The molecule has 3 aromatic rings. The topological polar surface area (TPSA) is 79.6 Å². The van der Waals surface area contributed by atoms with E-state index in [2.05, 4.69) is 5.32 Å². The number of nitrogens with zero attached hydrogens (tertiary/aromatic N) is 2. The van der Waals surface area contributed by atoms with Crippen LogP contribution >= 0.6 is 34.5 Å². The molecule has 170 valence electrons. The zero-order valence-corrected chi connectivity index (χ0v) is 20.3. The van der Waals surface area contributed by atoms with Gasteiger partial charge < -0.3 is 22.5 Å². The molecule has 0 fully saturated rings. The molecule has 1 aromatic carbocycles. The molecule has 0 saturated heterocycles. The van der Waals surface area contributed by atoms with Crippen molar-refractivity contribution in [3.05, 3.63) is 80.4 Å². The third kappa shape index (κ3) is 4.60. The maximum absolute atomic E-state index is 13.5. The van der Waals surface area contributed by atoms with Crippen LogP contribution in [0.1, 0.15) is 15.2 Å². The number of aryl methyl sites for hydroxylation is 1. The second kappa shape index (κ2) is 9.93. The molecule has 1 aliphatic rings. The molecule has 4 rings (SSSR count). The third-order valence-corrected chi connectivity index (χ3v) is 6.38. The third-order valence-electron chi connectivity index (χ3n) is 4.76. The predicted octanol–water partition coefficient (Wildman–Crippen LogP) is 1.30. The minimum absolute atomic E-state index is 0. The number of amides is 2. The van der Waals surface area contributed by atoms with Crippen molar-refractivity contribution in [2.24, 2.45) is 0 Å². The molecule has 1 aliphatic heterocycles. The van der Waals surface area contributed by atoms with Crippen LogP contribution in [0.2, 0.25) is 10.0 Å². The van der Waals surface area contributed by atoms with E-state index in [4.69, 9.17) is 27.9 Å². The molecule has 2 aromatic heterocycles. The van der Waals surface area contributed by atoms with E-state index < -0.39 is 17.8 Å². The molecule has 0 unspecified atom stereocenters. The summed E-state index contributed by atoms with van der Waals surface area (Å²) >= 11 is 13.2. The Hall–Kier alpha value is -2.91. The van der Waals surface area contributed by atoms with Crippen molar-refractivity contribution in [2.45, 2.75) is 6.92 Å². The lowest BCUT2D eigenvalue weighted by atomic mass is 10.2. The van der Waals surface area contributed by atoms with Crippen molar-refractivity contribution in [3.8, 4) is 0 Å². The number of carbonyl (C=O) groups excluding carboxylic acids is 3. The van der Waals surface area contributed by atoms with Crippen LogP contribution in [0.4, 0.5) is 11.4 Å². The highest BCUT2D eigenvalue weighted by atomic mass is 35.5. The molecule has 11 heteroatoms. The quantitative estimate of drug-likeness (QED) is 0.309. The van der Waals surface area contributed by atoms with Gasteiger partial charge in [-0.2, -0.15) is 4.57 Å². The van der Waals surface area contributed by atoms with E-state index in [0.29, 0.717) is 15.7 Å². The molecule has 33 heavy (non-hydrogen) atoms. The standard InChI is InChI=1S/C22H15Cl2N3O4S.ClH/c1-12-5-8-26(9-6-12)18-17(25-13-3-4-14(23)15(24)11-13)20(28)27(21(18)29)16-7-10-32-19(16)22(30)31-2;/h3-11H,1-2H3;1H. The van der Waals surface area contributed by atoms with Crippen LogP contribution in [0.15, 0.2) is 59.9 Å². The number of methoxy groups -OCH3 is 1. The fourth-order valence-corrected chi connectivity index (χ4v) is 4.27. The fraction of sp³-hybridized carbons (Fsp3) is 0.0909. The van der Waals surface area contributed by atoms with Crippen LogP contribution in [-0.2, 0) is 14.3 Å². The Morgan fingerprint density at radius 3 is 2.39 bits per heavy atom. The van der Waals surface area contributed by atoms with Gasteiger partial charge in [-0.3, -0.25) is 9.59 Å². The first-order chi connectivity index (χ1) is 15.3. The Labute approximate surface area is 209 Å². The van der Waals surface area contributed by atoms with Crippen LogP contribution in [0, 0.1) is 6.92 Å². The van der Waals surface area contributed by atoms with E-state index in [1.807, 2.05) is 19.1 Å². The first-order valence-corrected chi connectivity index (χ1v) is 10.9. The molecule has 0 radical (unpaired) electrons. The van der Waals surface area contributed by atoms with Crippen molar-refractivity contribution in [1.82, 2.24) is 0 Å². The Balaban J connectivity index is 0.00000306. The number of halogens is 3. The number of hydrogen-bond donors (Lipinski definition) is 1. The summed E-state index contributed by atoms with van der Waals surface area (Å²) in [4.78, 5) is 40.2. The number of anilines is 2. The number of benzene rings is 1. The second-order valence-corrected chi connectivity index (χ2v) is 8.56. The maximum Gasteiger partial charge on any atom is 0.350 e. The predicted molar refractivity (Wildman–Crippen MR) is 123 cm³/mol. The minimum atomic E-state index is -0.633. The van der Waals surface area contributed by atoms with Crippen LogP contribution < -0.4 is 27.2 Å². The maximum atomic E-state index is 13.5. The summed E-state index contributed by atoms with van der Waals surface area (Å²) in [6.07, 6.45) is 3.37. The summed E-state index contributed by atoms with van der Waals surface area (Å²) in [5, 5.41) is 5.26. The van der Waals surface area contributed by atoms with Gasteiger partial charge in [0.1, 0.15) is 4.88 Å². The molecular formula is C22H16Cl3N3O4S. The average molecular weight is 525 g/mol. The summed E-state index contributed by atoms with van der Waals surface area (Å²) in [5.41, 5.74) is 1.75. The smallest absolute Gasteiger partial charge is 0.350 e. The molecule has 0 atom stereocenters. The highest BCUT2D eigenvalue weighted by Crippen LogP contribution is 2.34. The summed E-state index contributed by atoms with van der Waals surface area (Å²) in [5.74, 6) is -1.84. The normalized spacial score (nSPS) is 13.3. The van der Waals surface area contributed by atoms with Crippen molar-refractivity contribution in [2.75, 3.05) is 17.3 Å². The number of rotatable bonds is 5. The Morgan fingerprint density at radius 2 is 1.76 bits per heavy atom. The highest BCUT2D eigenvalue weighted by Gasteiger charge is 2.47. The van der Waals surface area contributed by atoms with E-state index in [-0.39, 0.29) is 34.4 Å². The van der Waals surface area contributed by atoms with Crippen LogP contribution in [0.3, 0.4) is 0 Å². The van der Waals surface area contributed by atoms with Gasteiger partial charge in [0.25, 0.3) is 5.91 Å². The van der Waals surface area contributed by atoms with Gasteiger partial charge in [-0.15, -0.1) is 11.3 Å². The van der Waals surface area contributed by atoms with Crippen LogP contribution in [-0.4, -0.2) is 24.9 Å². The first-order valence-electron chi connectivity index (χ1n) is 9.31. The van der Waals surface area contributed by atoms with Crippen molar-refractivity contribution in [1.29, 1.82) is 0 Å². The molecule has 2 amide bonds. The fourth-order valence-electron chi connectivity index (χ4n) is 3.18. The SMILES string of the molecule is COC(=O)c1sccc1N1C(=O)C(Nc2ccc(Cl)c(Cl)c2)=C([n+]2ccc(C)cc2)C1=O.[Cl-]. The minimum Gasteiger partial charge on any atom is -1.00 e. The van der Waals surface area contributed by atoms with Gasteiger partial charge >= 0.3 is 17.6 Å². The lowest BCUT2D eigenvalue weighted by molar-refractivity contribution is -0.577. The zero-order chi connectivity index (χ0) is 23.0. The van der Waals surface area contributed by atoms with E-state index in [0.717, 1.165) is 21.8 Å². The van der Waals surface area contributed by atoms with Gasteiger partial charge in [-0.25, -0.2) is 9.69 Å². The van der Waals surface area contributed by atoms with Gasteiger partial charge in [0.15, 0.2) is 18.1 Å². The van der Waals surface area contributed by atoms with Gasteiger partial charge in [0.2, 0.25) is 0 Å². The summed E-state index contributed by atoms with van der Waals surface area (Å²) in [6, 6.07) is 9.94. The van der Waals surface area contributed by atoms with Crippen molar-refractivity contribution in [3.63, 3.8) is 0 Å². The first kappa shape index (κ1) is 24.7. The highest BCUT2D eigenvalue weighted by molar-refractivity contribution is 7.12. The Kier molecular flexibility index (Phi) is 7.44. The summed E-state index contributed by atoms with van der Waals surface area (Å²) in [6.45, 7) is 1.91. The van der Waals surface area contributed by atoms with E-state index in [9.17, 15) is 14.4 Å². The van der Waals surface area contributed by atoms with Crippen molar-refractivity contribution < 1.29 is 36.1 Å². The number of thiophene rings is 1. The number of ether oxygens (including phenoxy) is 1. The Morgan fingerprint density at radius 1 is 1.06 bits per heavy atom. The van der Waals surface area contributed by atoms with Gasteiger partial charge in [-0.1, -0.05) is 23.2 Å². The van der Waals surface area contributed by atoms with E-state index >= 15 is 0 Å². The monoisotopic (exact) mass is 523 g/mol. The lowest BCUT2D eigenvalue weighted by Crippen LogP contribution is -3.00. The number of hydrogen-bond acceptors (Lipinski definition) is 6. The number of imide groups is 1. The van der Waals surface area contributed by atoms with Crippen LogP contribution in [0.5, 0.6) is 0 Å². The Bertz CT molecular complexity index is 1290. The molecule has 0 aliphatic carbocycles. The number of nitrogens with one attached hydrogen (secondary N) is 1. The number of esters is 1. The molecule has 7 nitrogen and oxygen atoms in total. The molecule has 0 bridgehead atoms. The van der Waals surface area contributed by atoms with E-state index in [1.54, 1.807) is 40.5 Å². The largest absolute Gasteiger partial charge is 1.00 e. The molecule has 0 spiro atoms. The van der Waals surface area contributed by atoms with Gasteiger partial charge in [0, 0.05) is 17.8 Å². The van der Waals surface area contributed by atoms with E-state index in [1.165, 1.54) is 13.2 Å². The molecule has 0 saturated carbocycles. The number of aromatic nitrogens is 1. The average Bonchev–Trinajstić information content (AvgIpc) is 3.34. The van der Waals surface area contributed by atoms with Crippen molar-refractivity contribution >= 4 is 69.4 Å². The van der Waals surface area contributed by atoms with Gasteiger partial charge in [-0.05, 0) is 42.1 Å². The lowest BCUT2D eigenvalue weighted by Gasteiger charge is -2.14. The molecule has 1 N–H and O–H groups in total. The van der Waals surface area contributed by atoms with Crippen LogP contribution in [0.25, 0.3) is 5.70 Å². The number of carbonyl (C=O) groups is 3. The summed E-state index contributed by atoms with van der Waals surface area (Å²) < 4.78 is 6.35. The molecular weight excluding hydrogens is 509 g/mol. The van der Waals surface area contributed by atoms with Gasteiger partial charge in [0.05, 0.1) is 22.8 Å². The zero-order valence-electron chi connectivity index (χ0n) is 17.3. The molecule has 3 heterocycles.